The lowest BCUT2D eigenvalue weighted by Crippen LogP contribution is -2.20. The summed E-state index contributed by atoms with van der Waals surface area (Å²) < 4.78 is 27.7. The number of aryl methyl sites for hydroxylation is 2. The molecule has 0 aliphatic carbocycles. The number of hydrogen-bond acceptors (Lipinski definition) is 0. The molecule has 0 N–H and O–H groups in total. The van der Waals surface area contributed by atoms with Crippen molar-refractivity contribution in [1.29, 1.82) is 0 Å². The Morgan fingerprint density at radius 2 is 1.45 bits per heavy atom. The van der Waals surface area contributed by atoms with Crippen molar-refractivity contribution < 1.29 is 8.78 Å². The molecular weight excluding hydrogens is 402 g/mol. The van der Waals surface area contributed by atoms with Crippen molar-refractivity contribution in [2.75, 3.05) is 0 Å². The van der Waals surface area contributed by atoms with Crippen LogP contribution in [0.1, 0.15) is 48.8 Å². The van der Waals surface area contributed by atoms with Crippen LogP contribution in [0.25, 0.3) is 11.1 Å². The molecule has 1 aliphatic heterocycles. The highest BCUT2D eigenvalue weighted by Gasteiger charge is 2.22. The molecule has 3 aromatic carbocycles. The second-order valence-electron chi connectivity index (χ2n) is 9.07. The van der Waals surface area contributed by atoms with Gasteiger partial charge < -0.3 is 0 Å². The van der Waals surface area contributed by atoms with E-state index in [1.54, 1.807) is 24.3 Å². The summed E-state index contributed by atoms with van der Waals surface area (Å²) in [6.07, 6.45) is 5.86. The van der Waals surface area contributed by atoms with Gasteiger partial charge in [0.05, 0.1) is 0 Å². The quantitative estimate of drug-likeness (QED) is 0.331. The first-order valence-electron chi connectivity index (χ1n) is 11.8. The second-order valence-corrected chi connectivity index (χ2v) is 12.5. The summed E-state index contributed by atoms with van der Waals surface area (Å²) in [5.74, 6) is 0.197. The Hall–Kier alpha value is -2.26. The van der Waals surface area contributed by atoms with Gasteiger partial charge in [-0.15, -0.1) is 0 Å². The monoisotopic (exact) mass is 434 g/mol. The van der Waals surface area contributed by atoms with Crippen LogP contribution in [0.3, 0.4) is 0 Å². The summed E-state index contributed by atoms with van der Waals surface area (Å²) in [5, 5.41) is 0. The number of rotatable bonds is 7. The van der Waals surface area contributed by atoms with Gasteiger partial charge in [0.2, 0.25) is 0 Å². The maximum Gasteiger partial charge on any atom is 0.131 e. The van der Waals surface area contributed by atoms with Gasteiger partial charge in [0.15, 0.2) is 0 Å². The average molecular weight is 435 g/mol. The van der Waals surface area contributed by atoms with E-state index in [0.29, 0.717) is 11.1 Å². The van der Waals surface area contributed by atoms with Gasteiger partial charge in [-0.05, 0) is 72.1 Å². The SMILES string of the molecule is CCC[Si@H]1CC[C@H](c2ccc(CCc3ccc(-c4ccc(F)cc4)c(F)c3)cc2)CC1. The first-order chi connectivity index (χ1) is 15.1. The first kappa shape index (κ1) is 21.9. The van der Waals surface area contributed by atoms with E-state index in [2.05, 4.69) is 31.2 Å². The fourth-order valence-electron chi connectivity index (χ4n) is 5.02. The number of hydrogen-bond donors (Lipinski definition) is 0. The molecule has 0 radical (unpaired) electrons. The van der Waals surface area contributed by atoms with E-state index in [1.165, 1.54) is 60.7 Å². The number of halogens is 2. The van der Waals surface area contributed by atoms with Crippen molar-refractivity contribution in [3.63, 3.8) is 0 Å². The lowest BCUT2D eigenvalue weighted by molar-refractivity contribution is 0.605. The van der Waals surface area contributed by atoms with Crippen molar-refractivity contribution in [2.45, 2.75) is 63.1 Å². The Morgan fingerprint density at radius 3 is 2.10 bits per heavy atom. The molecule has 162 valence electrons. The van der Waals surface area contributed by atoms with E-state index >= 15 is 0 Å². The Labute approximate surface area is 186 Å². The minimum Gasteiger partial charge on any atom is -0.207 e. The predicted molar refractivity (Wildman–Crippen MR) is 129 cm³/mol. The van der Waals surface area contributed by atoms with Gasteiger partial charge in [-0.25, -0.2) is 8.78 Å². The van der Waals surface area contributed by atoms with Gasteiger partial charge in [-0.1, -0.05) is 80.0 Å². The molecule has 4 rings (SSSR count). The number of benzene rings is 3. The molecule has 0 unspecified atom stereocenters. The Bertz CT molecular complexity index is 971. The summed E-state index contributed by atoms with van der Waals surface area (Å²) in [6, 6.07) is 25.1. The van der Waals surface area contributed by atoms with Gasteiger partial charge >= 0.3 is 0 Å². The molecule has 0 amide bonds. The molecule has 3 heteroatoms. The molecule has 31 heavy (non-hydrogen) atoms. The molecule has 0 saturated carbocycles. The lowest BCUT2D eigenvalue weighted by Gasteiger charge is -2.27. The summed E-state index contributed by atoms with van der Waals surface area (Å²) in [6.45, 7) is 2.33. The molecule has 1 aliphatic rings. The van der Waals surface area contributed by atoms with Crippen LogP contribution < -0.4 is 0 Å². The Morgan fingerprint density at radius 1 is 0.806 bits per heavy atom. The fourth-order valence-corrected chi connectivity index (χ4v) is 8.45. The summed E-state index contributed by atoms with van der Waals surface area (Å²) in [4.78, 5) is 0. The van der Waals surface area contributed by atoms with E-state index < -0.39 is 8.80 Å². The zero-order valence-corrected chi connectivity index (χ0v) is 19.6. The molecule has 0 atom stereocenters. The van der Waals surface area contributed by atoms with Crippen molar-refractivity contribution in [2.24, 2.45) is 0 Å². The molecular formula is C28H32F2Si. The Kier molecular flexibility index (Phi) is 7.34. The van der Waals surface area contributed by atoms with Gasteiger partial charge in [-0.3, -0.25) is 0 Å². The highest BCUT2D eigenvalue weighted by atomic mass is 28.3. The normalized spacial score (nSPS) is 18.8. The van der Waals surface area contributed by atoms with Gasteiger partial charge in [0.1, 0.15) is 11.6 Å². The van der Waals surface area contributed by atoms with Crippen LogP contribution in [-0.4, -0.2) is 8.80 Å². The molecule has 0 nitrogen and oxygen atoms in total. The van der Waals surface area contributed by atoms with E-state index in [9.17, 15) is 8.78 Å². The second kappa shape index (κ2) is 10.4. The highest BCUT2D eigenvalue weighted by Crippen LogP contribution is 2.35. The van der Waals surface area contributed by atoms with Crippen LogP contribution in [0.2, 0.25) is 18.1 Å². The van der Waals surface area contributed by atoms with E-state index in [1.807, 2.05) is 6.07 Å². The zero-order chi connectivity index (χ0) is 21.6. The minimum absolute atomic E-state index is 0.248. The zero-order valence-electron chi connectivity index (χ0n) is 18.4. The van der Waals surface area contributed by atoms with Crippen molar-refractivity contribution >= 4 is 8.80 Å². The van der Waals surface area contributed by atoms with Gasteiger partial charge in [0.25, 0.3) is 0 Å². The lowest BCUT2D eigenvalue weighted by atomic mass is 9.92. The maximum absolute atomic E-state index is 14.6. The third kappa shape index (κ3) is 5.71. The van der Waals surface area contributed by atoms with Crippen LogP contribution in [0.5, 0.6) is 0 Å². The smallest absolute Gasteiger partial charge is 0.131 e. The topological polar surface area (TPSA) is 0 Å². The molecule has 1 saturated heterocycles. The first-order valence-corrected chi connectivity index (χ1v) is 14.2. The average Bonchev–Trinajstić information content (AvgIpc) is 2.80. The summed E-state index contributed by atoms with van der Waals surface area (Å²) in [7, 11) is -0.422. The van der Waals surface area contributed by atoms with Gasteiger partial charge in [-0.2, -0.15) is 0 Å². The molecule has 0 spiro atoms. The fraction of sp³-hybridized carbons (Fsp3) is 0.357. The van der Waals surface area contributed by atoms with Crippen LogP contribution in [-0.2, 0) is 12.8 Å². The third-order valence-corrected chi connectivity index (χ3v) is 10.6. The minimum atomic E-state index is -0.422. The van der Waals surface area contributed by atoms with Crippen LogP contribution in [0.4, 0.5) is 8.78 Å². The van der Waals surface area contributed by atoms with Crippen molar-refractivity contribution in [1.82, 2.24) is 0 Å². The predicted octanol–water partition coefficient (Wildman–Crippen LogP) is 7.93. The van der Waals surface area contributed by atoms with E-state index in [-0.39, 0.29) is 11.6 Å². The third-order valence-electron chi connectivity index (χ3n) is 6.89. The maximum atomic E-state index is 14.6. The van der Waals surface area contributed by atoms with Crippen LogP contribution in [0, 0.1) is 11.6 Å². The van der Waals surface area contributed by atoms with Crippen LogP contribution in [0.15, 0.2) is 66.7 Å². The van der Waals surface area contributed by atoms with E-state index in [4.69, 9.17) is 0 Å². The highest BCUT2D eigenvalue weighted by molar-refractivity contribution is 6.59. The van der Waals surface area contributed by atoms with Crippen molar-refractivity contribution in [3.8, 4) is 11.1 Å². The largest absolute Gasteiger partial charge is 0.207 e. The van der Waals surface area contributed by atoms with Crippen LogP contribution >= 0.6 is 0 Å². The van der Waals surface area contributed by atoms with E-state index in [0.717, 1.165) is 24.3 Å². The Balaban J connectivity index is 1.33. The molecule has 0 aromatic heterocycles. The summed E-state index contributed by atoms with van der Waals surface area (Å²) in [5.41, 5.74) is 5.02. The van der Waals surface area contributed by atoms with Crippen molar-refractivity contribution in [3.05, 3.63) is 95.1 Å². The molecule has 1 fully saturated rings. The molecule has 3 aromatic rings. The summed E-state index contributed by atoms with van der Waals surface area (Å²) >= 11 is 0. The molecule has 1 heterocycles. The van der Waals surface area contributed by atoms with Gasteiger partial charge in [0, 0.05) is 14.4 Å². The standard InChI is InChI=1S/C28H32F2Si/c1-2-17-31-18-15-24(16-19-31)23-8-5-21(6-9-23)3-4-22-7-14-27(28(30)20-22)25-10-12-26(29)13-11-25/h5-14,20,24,31H,2-4,15-19H2,1H3/t24-,31-. The molecule has 0 bridgehead atoms.